The van der Waals surface area contributed by atoms with Gasteiger partial charge in [-0.05, 0) is 156 Å². The molecule has 0 heterocycles. The summed E-state index contributed by atoms with van der Waals surface area (Å²) >= 11 is 0. The van der Waals surface area contributed by atoms with Gasteiger partial charge in [-0.3, -0.25) is 19.7 Å². The number of sulfone groups is 1. The molecule has 0 saturated carbocycles. The molecule has 0 aliphatic carbocycles. The van der Waals surface area contributed by atoms with E-state index in [9.17, 15) is 28.1 Å². The predicted octanol–water partition coefficient (Wildman–Crippen LogP) is 11.6. The van der Waals surface area contributed by atoms with Gasteiger partial charge in [-0.1, -0.05) is 31.9 Å². The summed E-state index contributed by atoms with van der Waals surface area (Å²) < 4.78 is 43.0. The van der Waals surface area contributed by atoms with E-state index in [0.29, 0.717) is 56.7 Å². The number of nitrogens with zero attached hydrogens (tertiary/aromatic N) is 4. The third-order valence-corrected chi connectivity index (χ3v) is 12.7. The molecule has 1 atom stereocenters. The molecule has 0 saturated heterocycles. The summed E-state index contributed by atoms with van der Waals surface area (Å²) in [5, 5.41) is 19.4. The van der Waals surface area contributed by atoms with Crippen molar-refractivity contribution < 1.29 is 37.1 Å². The van der Waals surface area contributed by atoms with Crippen LogP contribution in [0, 0.1) is 20.9 Å². The molecule has 4 aromatic rings. The number of rotatable bonds is 26. The SMILES string of the molecule is CCC(C)(CC(C)(C)C(=O)OCCCCCCS(=O)(=O)c1ccc(N=Nc2ccc(N(C)C)cc2)cc1)C(=O)OCCCCCCOc1ccc(-c2ccc([N+](=O)[O-])cc2)cc1. The van der Waals surface area contributed by atoms with Crippen molar-refractivity contribution >= 4 is 44.5 Å². The van der Waals surface area contributed by atoms with Crippen LogP contribution in [0.25, 0.3) is 11.1 Å². The zero-order valence-corrected chi connectivity index (χ0v) is 37.8. The summed E-state index contributed by atoms with van der Waals surface area (Å²) in [4.78, 5) is 39.0. The highest BCUT2D eigenvalue weighted by atomic mass is 32.2. The van der Waals surface area contributed by atoms with Gasteiger partial charge in [0.1, 0.15) is 5.75 Å². The molecule has 0 spiro atoms. The lowest BCUT2D eigenvalue weighted by molar-refractivity contribution is -0.384. The monoisotopic (exact) mass is 870 g/mol. The van der Waals surface area contributed by atoms with E-state index in [0.717, 1.165) is 48.2 Å². The highest BCUT2D eigenvalue weighted by molar-refractivity contribution is 7.91. The molecule has 13 nitrogen and oxygen atoms in total. The second-order valence-corrected chi connectivity index (χ2v) is 18.8. The van der Waals surface area contributed by atoms with Gasteiger partial charge in [-0.25, -0.2) is 8.42 Å². The van der Waals surface area contributed by atoms with E-state index in [4.69, 9.17) is 14.2 Å². The Balaban J connectivity index is 1.06. The minimum absolute atomic E-state index is 0.0205. The van der Waals surface area contributed by atoms with Crippen LogP contribution in [0.4, 0.5) is 22.7 Å². The van der Waals surface area contributed by atoms with Crippen molar-refractivity contribution in [2.45, 2.75) is 96.8 Å². The number of hydrogen-bond acceptors (Lipinski definition) is 12. The maximum absolute atomic E-state index is 13.2. The molecule has 334 valence electrons. The summed E-state index contributed by atoms with van der Waals surface area (Å²) in [5.41, 5.74) is 2.46. The number of carbonyl (C=O) groups excluding carboxylic acids is 2. The molecule has 0 aromatic heterocycles. The van der Waals surface area contributed by atoms with Gasteiger partial charge in [0.05, 0.1) is 57.6 Å². The summed E-state index contributed by atoms with van der Waals surface area (Å²) in [6.07, 6.45) is 6.65. The Morgan fingerprint density at radius 2 is 1.15 bits per heavy atom. The van der Waals surface area contributed by atoms with Crippen molar-refractivity contribution in [3.63, 3.8) is 0 Å². The van der Waals surface area contributed by atoms with Gasteiger partial charge in [0.15, 0.2) is 9.84 Å². The van der Waals surface area contributed by atoms with Crippen molar-refractivity contribution in [1.29, 1.82) is 0 Å². The average Bonchev–Trinajstić information content (AvgIpc) is 3.26. The van der Waals surface area contributed by atoms with Gasteiger partial charge in [0, 0.05) is 31.9 Å². The van der Waals surface area contributed by atoms with Crippen molar-refractivity contribution in [3.05, 3.63) is 107 Å². The molecule has 0 fully saturated rings. The smallest absolute Gasteiger partial charge is 0.311 e. The number of esters is 2. The van der Waals surface area contributed by atoms with E-state index in [1.165, 1.54) is 12.1 Å². The average molecular weight is 871 g/mol. The lowest BCUT2D eigenvalue weighted by Crippen LogP contribution is -2.38. The fourth-order valence-electron chi connectivity index (χ4n) is 6.87. The molecule has 62 heavy (non-hydrogen) atoms. The zero-order chi connectivity index (χ0) is 45.2. The molecule has 4 aromatic carbocycles. The minimum Gasteiger partial charge on any atom is -0.494 e. The Kier molecular flexibility index (Phi) is 18.6. The number of carbonyl (C=O) groups is 2. The van der Waals surface area contributed by atoms with Crippen LogP contribution in [0.5, 0.6) is 5.75 Å². The number of unbranched alkanes of at least 4 members (excludes halogenated alkanes) is 6. The number of azo groups is 1. The number of non-ortho nitro benzene ring substituents is 1. The van der Waals surface area contributed by atoms with Crippen molar-refractivity contribution in [1.82, 2.24) is 0 Å². The largest absolute Gasteiger partial charge is 0.494 e. The summed E-state index contributed by atoms with van der Waals surface area (Å²) in [6.45, 7) is 8.41. The van der Waals surface area contributed by atoms with Gasteiger partial charge in [0.25, 0.3) is 5.69 Å². The van der Waals surface area contributed by atoms with Gasteiger partial charge < -0.3 is 19.1 Å². The first kappa shape index (κ1) is 49.0. The number of nitro benzene ring substituents is 1. The lowest BCUT2D eigenvalue weighted by Gasteiger charge is -2.33. The standard InChI is InChI=1S/C48H62N4O9S/c1-7-48(4,46(54)61-34-13-9-8-12-32-59-43-28-18-38(19-29-43)37-16-24-42(25-17-37)52(55)56)36-47(2,3)45(53)60-33-14-10-11-15-35-62(57,58)44-30-22-40(23-31-44)50-49-39-20-26-41(27-21-39)51(5)6/h16-31H,7-15,32-36H2,1-6H3. The maximum atomic E-state index is 13.2. The van der Waals surface area contributed by atoms with E-state index < -0.39 is 25.6 Å². The second-order valence-electron chi connectivity index (χ2n) is 16.7. The first-order chi connectivity index (χ1) is 29.5. The molecule has 0 bridgehead atoms. The van der Waals surface area contributed by atoms with Gasteiger partial charge in [0.2, 0.25) is 0 Å². The number of anilines is 1. The normalized spacial score (nSPS) is 12.7. The highest BCUT2D eigenvalue weighted by Crippen LogP contribution is 2.39. The fraction of sp³-hybridized carbons (Fsp3) is 0.458. The molecular weight excluding hydrogens is 809 g/mol. The Hall–Kier alpha value is -5.63. The topological polar surface area (TPSA) is 167 Å². The first-order valence-electron chi connectivity index (χ1n) is 21.4. The van der Waals surface area contributed by atoms with E-state index >= 15 is 0 Å². The molecule has 1 unspecified atom stereocenters. The van der Waals surface area contributed by atoms with Crippen LogP contribution in [0.3, 0.4) is 0 Å². The van der Waals surface area contributed by atoms with Crippen LogP contribution in [0.1, 0.15) is 91.9 Å². The van der Waals surface area contributed by atoms with Gasteiger partial charge in [-0.15, -0.1) is 0 Å². The lowest BCUT2D eigenvalue weighted by atomic mass is 9.72. The minimum atomic E-state index is -3.46. The Morgan fingerprint density at radius 1 is 0.661 bits per heavy atom. The van der Waals surface area contributed by atoms with Crippen molar-refractivity contribution in [2.75, 3.05) is 44.6 Å². The highest BCUT2D eigenvalue weighted by Gasteiger charge is 2.43. The van der Waals surface area contributed by atoms with E-state index in [1.807, 2.05) is 81.4 Å². The molecule has 0 radical (unpaired) electrons. The van der Waals surface area contributed by atoms with Crippen LogP contribution in [-0.2, 0) is 28.9 Å². The van der Waals surface area contributed by atoms with Gasteiger partial charge >= 0.3 is 11.9 Å². The first-order valence-corrected chi connectivity index (χ1v) is 23.0. The number of hydrogen-bond donors (Lipinski definition) is 0. The summed E-state index contributed by atoms with van der Waals surface area (Å²) in [6, 6.07) is 28.1. The maximum Gasteiger partial charge on any atom is 0.311 e. The molecule has 14 heteroatoms. The molecular formula is C48H62N4O9S. The molecule has 0 amide bonds. The third-order valence-electron chi connectivity index (χ3n) is 10.8. The van der Waals surface area contributed by atoms with E-state index in [-0.39, 0.29) is 41.3 Å². The Labute approximate surface area is 367 Å². The summed E-state index contributed by atoms with van der Waals surface area (Å²) in [5.74, 6) is 0.0754. The van der Waals surface area contributed by atoms with E-state index in [1.54, 1.807) is 50.2 Å². The van der Waals surface area contributed by atoms with Crippen LogP contribution in [-0.4, -0.2) is 64.9 Å². The predicted molar refractivity (Wildman–Crippen MR) is 243 cm³/mol. The molecule has 0 N–H and O–H groups in total. The third kappa shape index (κ3) is 15.4. The quantitative estimate of drug-likeness (QED) is 0.0195. The number of ether oxygens (including phenoxy) is 3. The van der Waals surface area contributed by atoms with Crippen molar-refractivity contribution in [3.8, 4) is 16.9 Å². The number of benzene rings is 4. The molecule has 0 aliphatic rings. The number of nitro groups is 1. The zero-order valence-electron chi connectivity index (χ0n) is 37.0. The second kappa shape index (κ2) is 23.5. The molecule has 4 rings (SSSR count). The Bertz CT molecular complexity index is 2170. The fourth-order valence-corrected chi connectivity index (χ4v) is 8.24. The summed E-state index contributed by atoms with van der Waals surface area (Å²) in [7, 11) is 0.470. The van der Waals surface area contributed by atoms with Crippen molar-refractivity contribution in [2.24, 2.45) is 21.1 Å². The van der Waals surface area contributed by atoms with Crippen LogP contribution >= 0.6 is 0 Å². The molecule has 0 aliphatic heterocycles. The Morgan fingerprint density at radius 3 is 1.66 bits per heavy atom. The van der Waals surface area contributed by atoms with Crippen LogP contribution in [0.15, 0.2) is 112 Å². The van der Waals surface area contributed by atoms with Crippen LogP contribution in [0.2, 0.25) is 0 Å². The van der Waals surface area contributed by atoms with E-state index in [2.05, 4.69) is 10.2 Å². The van der Waals surface area contributed by atoms with Crippen LogP contribution < -0.4 is 9.64 Å². The van der Waals surface area contributed by atoms with Gasteiger partial charge in [-0.2, -0.15) is 10.2 Å².